The highest BCUT2D eigenvalue weighted by atomic mass is 16.4. The number of hydrogen-bond acceptors (Lipinski definition) is 1. The van der Waals surface area contributed by atoms with Crippen LogP contribution in [0.25, 0.3) is 0 Å². The van der Waals surface area contributed by atoms with E-state index in [1.54, 1.807) is 6.08 Å². The van der Waals surface area contributed by atoms with Crippen molar-refractivity contribution >= 4 is 5.97 Å². The Morgan fingerprint density at radius 3 is 2.29 bits per heavy atom. The lowest BCUT2D eigenvalue weighted by molar-refractivity contribution is -0.137. The monoisotopic (exact) mass is 190 g/mol. The summed E-state index contributed by atoms with van der Waals surface area (Å²) in [4.78, 5) is 11.0. The van der Waals surface area contributed by atoms with Crippen LogP contribution in [0.4, 0.5) is 0 Å². The van der Waals surface area contributed by atoms with Gasteiger partial charge in [0.25, 0.3) is 0 Å². The van der Waals surface area contributed by atoms with Gasteiger partial charge in [-0.15, -0.1) is 0 Å². The number of carboxylic acids is 1. The van der Waals surface area contributed by atoms with E-state index in [2.05, 4.69) is 0 Å². The first kappa shape index (κ1) is 10.5. The third-order valence-corrected chi connectivity index (χ3v) is 1.92. The number of hydrogen-bond donors (Lipinski definition) is 1. The molecule has 0 bridgehead atoms. The summed E-state index contributed by atoms with van der Waals surface area (Å²) >= 11 is 0. The Hall–Kier alpha value is -1.57. The Morgan fingerprint density at radius 2 is 1.86 bits per heavy atom. The fraction of sp³-hybridized carbons (Fsp3) is 0.250. The standard InChI is InChI=1S/C12H14O2/c1-9(2)8-11(12(13)14)10-6-4-3-5-7-10/h3-8,11H,1-2H3,(H,13,14). The van der Waals surface area contributed by atoms with E-state index in [1.165, 1.54) is 0 Å². The molecular weight excluding hydrogens is 176 g/mol. The van der Waals surface area contributed by atoms with Crippen LogP contribution in [0.1, 0.15) is 25.3 Å². The quantitative estimate of drug-likeness (QED) is 0.744. The fourth-order valence-corrected chi connectivity index (χ4v) is 1.30. The average molecular weight is 190 g/mol. The predicted octanol–water partition coefficient (Wildman–Crippen LogP) is 2.82. The number of allylic oxidation sites excluding steroid dienone is 1. The molecule has 2 heteroatoms. The molecule has 0 aliphatic carbocycles. The van der Waals surface area contributed by atoms with Gasteiger partial charge in [-0.25, -0.2) is 0 Å². The van der Waals surface area contributed by atoms with Gasteiger partial charge in [-0.2, -0.15) is 0 Å². The number of aliphatic carboxylic acids is 1. The van der Waals surface area contributed by atoms with Crippen molar-refractivity contribution in [2.75, 3.05) is 0 Å². The maximum absolute atomic E-state index is 11.0. The van der Waals surface area contributed by atoms with Gasteiger partial charge in [0, 0.05) is 0 Å². The molecule has 1 rings (SSSR count). The third kappa shape index (κ3) is 2.73. The molecule has 14 heavy (non-hydrogen) atoms. The lowest BCUT2D eigenvalue weighted by Gasteiger charge is -2.08. The third-order valence-electron chi connectivity index (χ3n) is 1.92. The van der Waals surface area contributed by atoms with E-state index in [9.17, 15) is 4.79 Å². The average Bonchev–Trinajstić information content (AvgIpc) is 2.15. The molecule has 0 amide bonds. The number of benzene rings is 1. The van der Waals surface area contributed by atoms with E-state index in [-0.39, 0.29) is 0 Å². The molecule has 2 nitrogen and oxygen atoms in total. The van der Waals surface area contributed by atoms with Crippen LogP contribution in [-0.2, 0) is 4.79 Å². The van der Waals surface area contributed by atoms with E-state index in [1.807, 2.05) is 44.2 Å². The molecule has 0 heterocycles. The van der Waals surface area contributed by atoms with E-state index >= 15 is 0 Å². The van der Waals surface area contributed by atoms with Gasteiger partial charge in [0.1, 0.15) is 0 Å². The maximum atomic E-state index is 11.0. The minimum Gasteiger partial charge on any atom is -0.481 e. The summed E-state index contributed by atoms with van der Waals surface area (Å²) in [5.41, 5.74) is 1.84. The summed E-state index contributed by atoms with van der Waals surface area (Å²) in [6, 6.07) is 9.25. The predicted molar refractivity (Wildman–Crippen MR) is 56.2 cm³/mol. The summed E-state index contributed by atoms with van der Waals surface area (Å²) in [5.74, 6) is -1.33. The van der Waals surface area contributed by atoms with Crippen LogP contribution < -0.4 is 0 Å². The van der Waals surface area contributed by atoms with Crippen LogP contribution in [0.3, 0.4) is 0 Å². The Kier molecular flexibility index (Phi) is 3.46. The molecule has 0 aromatic heterocycles. The van der Waals surface area contributed by atoms with Gasteiger partial charge in [0.2, 0.25) is 0 Å². The maximum Gasteiger partial charge on any atom is 0.314 e. The highest BCUT2D eigenvalue weighted by molar-refractivity contribution is 5.78. The molecule has 0 saturated carbocycles. The molecule has 0 aliphatic rings. The summed E-state index contributed by atoms with van der Waals surface area (Å²) in [6.07, 6.45) is 1.76. The Balaban J connectivity index is 3.01. The number of carboxylic acid groups (broad SMARTS) is 1. The zero-order valence-corrected chi connectivity index (χ0v) is 8.40. The van der Waals surface area contributed by atoms with Crippen molar-refractivity contribution in [2.24, 2.45) is 0 Å². The highest BCUT2D eigenvalue weighted by Gasteiger charge is 2.15. The smallest absolute Gasteiger partial charge is 0.314 e. The summed E-state index contributed by atoms with van der Waals surface area (Å²) in [5, 5.41) is 9.03. The number of rotatable bonds is 3. The SMILES string of the molecule is CC(C)=CC(C(=O)O)c1ccccc1. The van der Waals surface area contributed by atoms with Gasteiger partial charge >= 0.3 is 5.97 Å². The molecule has 1 unspecified atom stereocenters. The molecule has 1 aromatic rings. The van der Waals surface area contributed by atoms with E-state index in [4.69, 9.17) is 5.11 Å². The molecule has 1 aromatic carbocycles. The lowest BCUT2D eigenvalue weighted by Crippen LogP contribution is -2.09. The second kappa shape index (κ2) is 4.61. The summed E-state index contributed by atoms with van der Waals surface area (Å²) in [7, 11) is 0. The number of carbonyl (C=O) groups is 1. The first-order chi connectivity index (χ1) is 6.61. The summed E-state index contributed by atoms with van der Waals surface area (Å²) < 4.78 is 0. The fourth-order valence-electron chi connectivity index (χ4n) is 1.30. The van der Waals surface area contributed by atoms with Crippen molar-refractivity contribution in [1.29, 1.82) is 0 Å². The van der Waals surface area contributed by atoms with E-state index in [0.717, 1.165) is 11.1 Å². The minimum atomic E-state index is -0.808. The van der Waals surface area contributed by atoms with Crippen LogP contribution >= 0.6 is 0 Å². The molecule has 0 fully saturated rings. The van der Waals surface area contributed by atoms with Gasteiger partial charge in [0.15, 0.2) is 0 Å². The van der Waals surface area contributed by atoms with Crippen molar-refractivity contribution in [3.63, 3.8) is 0 Å². The molecule has 0 spiro atoms. The van der Waals surface area contributed by atoms with Crippen molar-refractivity contribution in [3.8, 4) is 0 Å². The van der Waals surface area contributed by atoms with Gasteiger partial charge in [0.05, 0.1) is 5.92 Å². The van der Waals surface area contributed by atoms with Crippen molar-refractivity contribution in [1.82, 2.24) is 0 Å². The van der Waals surface area contributed by atoms with Crippen LogP contribution in [-0.4, -0.2) is 11.1 Å². The van der Waals surface area contributed by atoms with E-state index < -0.39 is 11.9 Å². The summed E-state index contributed by atoms with van der Waals surface area (Å²) in [6.45, 7) is 3.80. The van der Waals surface area contributed by atoms with Gasteiger partial charge < -0.3 is 5.11 Å². The zero-order chi connectivity index (χ0) is 10.6. The zero-order valence-electron chi connectivity index (χ0n) is 8.40. The minimum absolute atomic E-state index is 0.527. The Morgan fingerprint density at radius 1 is 1.29 bits per heavy atom. The lowest BCUT2D eigenvalue weighted by atomic mass is 9.97. The Labute approximate surface area is 83.9 Å². The second-order valence-electron chi connectivity index (χ2n) is 3.47. The molecule has 0 radical (unpaired) electrons. The largest absolute Gasteiger partial charge is 0.481 e. The van der Waals surface area contributed by atoms with Crippen LogP contribution in [0.2, 0.25) is 0 Å². The van der Waals surface area contributed by atoms with Gasteiger partial charge in [-0.05, 0) is 19.4 Å². The first-order valence-electron chi connectivity index (χ1n) is 4.54. The molecule has 74 valence electrons. The van der Waals surface area contributed by atoms with Crippen LogP contribution in [0.15, 0.2) is 42.0 Å². The van der Waals surface area contributed by atoms with Crippen LogP contribution in [0.5, 0.6) is 0 Å². The van der Waals surface area contributed by atoms with Gasteiger partial charge in [-0.3, -0.25) is 4.79 Å². The Bertz CT molecular complexity index is 335. The highest BCUT2D eigenvalue weighted by Crippen LogP contribution is 2.18. The normalized spacial score (nSPS) is 11.9. The van der Waals surface area contributed by atoms with E-state index in [0.29, 0.717) is 0 Å². The molecule has 1 atom stereocenters. The molecule has 0 saturated heterocycles. The van der Waals surface area contributed by atoms with Gasteiger partial charge in [-0.1, -0.05) is 42.0 Å². The molecule has 1 N–H and O–H groups in total. The topological polar surface area (TPSA) is 37.3 Å². The van der Waals surface area contributed by atoms with Crippen molar-refractivity contribution < 1.29 is 9.90 Å². The van der Waals surface area contributed by atoms with Crippen molar-refractivity contribution in [3.05, 3.63) is 47.5 Å². The molecular formula is C12H14O2. The molecule has 0 aliphatic heterocycles. The first-order valence-corrected chi connectivity index (χ1v) is 4.54. The van der Waals surface area contributed by atoms with Crippen LogP contribution in [0, 0.1) is 0 Å². The second-order valence-corrected chi connectivity index (χ2v) is 3.47. The van der Waals surface area contributed by atoms with Crippen molar-refractivity contribution in [2.45, 2.75) is 19.8 Å².